The zero-order chi connectivity index (χ0) is 14.4. The van der Waals surface area contributed by atoms with Gasteiger partial charge in [0.15, 0.2) is 0 Å². The third-order valence-electron chi connectivity index (χ3n) is 2.24. The van der Waals surface area contributed by atoms with Gasteiger partial charge in [0.2, 0.25) is 5.91 Å². The molecule has 8 heteroatoms. The molecule has 0 aliphatic carbocycles. The topological polar surface area (TPSA) is 86.3 Å². The number of carbonyl (C=O) groups excluding carboxylic acids is 2. The second kappa shape index (κ2) is 9.52. The molecular formula is C12H13ClNNaO4S. The largest absolute Gasteiger partial charge is 1.00 e. The van der Waals surface area contributed by atoms with Crippen molar-refractivity contribution in [2.24, 2.45) is 0 Å². The molecule has 1 atom stereocenters. The second-order valence-corrected chi connectivity index (χ2v) is 5.79. The molecule has 0 radical (unpaired) electrons. The Morgan fingerprint density at radius 3 is 2.55 bits per heavy atom. The molecule has 1 aromatic rings. The number of carboxylic acid groups (broad SMARTS) is 1. The molecule has 0 heterocycles. The maximum atomic E-state index is 11.4. The van der Waals surface area contributed by atoms with Gasteiger partial charge in [-0.25, -0.2) is 0 Å². The van der Waals surface area contributed by atoms with Gasteiger partial charge in [-0.15, -0.1) is 0 Å². The molecule has 0 aromatic heterocycles. The number of amides is 1. The SMILES string of the molecule is CS(=O)Cc1cc(NC(=O)CCC(=O)[O-])ccc1Cl.[Na+]. The fraction of sp³-hybridized carbons (Fsp3) is 0.333. The maximum Gasteiger partial charge on any atom is 1.00 e. The van der Waals surface area contributed by atoms with Gasteiger partial charge in [-0.1, -0.05) is 11.6 Å². The molecule has 0 spiro atoms. The van der Waals surface area contributed by atoms with E-state index in [0.717, 1.165) is 0 Å². The van der Waals surface area contributed by atoms with Crippen LogP contribution in [-0.4, -0.2) is 22.3 Å². The van der Waals surface area contributed by atoms with E-state index in [2.05, 4.69) is 5.32 Å². The van der Waals surface area contributed by atoms with E-state index in [1.165, 1.54) is 0 Å². The number of rotatable bonds is 6. The molecule has 0 fully saturated rings. The van der Waals surface area contributed by atoms with Gasteiger partial charge in [-0.2, -0.15) is 0 Å². The van der Waals surface area contributed by atoms with E-state index in [1.807, 2.05) is 0 Å². The van der Waals surface area contributed by atoms with Crippen LogP contribution in [0, 0.1) is 0 Å². The molecule has 0 saturated carbocycles. The number of carboxylic acids is 1. The van der Waals surface area contributed by atoms with Crippen molar-refractivity contribution >= 4 is 40.0 Å². The van der Waals surface area contributed by atoms with Gasteiger partial charge in [0.25, 0.3) is 0 Å². The van der Waals surface area contributed by atoms with Crippen molar-refractivity contribution < 1.29 is 48.5 Å². The predicted octanol–water partition coefficient (Wildman–Crippen LogP) is -2.31. The van der Waals surface area contributed by atoms with Crippen LogP contribution in [-0.2, 0) is 26.1 Å². The summed E-state index contributed by atoms with van der Waals surface area (Å²) in [6.45, 7) is 0. The quantitative estimate of drug-likeness (QED) is 0.596. The Hall–Kier alpha value is -0.400. The summed E-state index contributed by atoms with van der Waals surface area (Å²) in [5.41, 5.74) is 1.16. The van der Waals surface area contributed by atoms with Crippen molar-refractivity contribution in [2.45, 2.75) is 18.6 Å². The number of aliphatic carboxylic acids is 1. The molecule has 20 heavy (non-hydrogen) atoms. The van der Waals surface area contributed by atoms with Crippen LogP contribution in [0.3, 0.4) is 0 Å². The van der Waals surface area contributed by atoms with Gasteiger partial charge in [0.1, 0.15) is 0 Å². The van der Waals surface area contributed by atoms with Crippen molar-refractivity contribution in [1.29, 1.82) is 0 Å². The molecule has 0 saturated heterocycles. The third-order valence-corrected chi connectivity index (χ3v) is 3.33. The van der Waals surface area contributed by atoms with Gasteiger partial charge in [0.05, 0.1) is 0 Å². The molecule has 0 aliphatic rings. The third kappa shape index (κ3) is 7.40. The van der Waals surface area contributed by atoms with Crippen LogP contribution >= 0.6 is 11.6 Å². The van der Waals surface area contributed by atoms with Crippen LogP contribution in [0.25, 0.3) is 0 Å². The van der Waals surface area contributed by atoms with E-state index in [-0.39, 0.29) is 42.4 Å². The van der Waals surface area contributed by atoms with E-state index in [1.54, 1.807) is 24.5 Å². The Labute approximate surface area is 146 Å². The fourth-order valence-corrected chi connectivity index (χ4v) is 2.36. The molecule has 104 valence electrons. The smallest absolute Gasteiger partial charge is 0.550 e. The van der Waals surface area contributed by atoms with Gasteiger partial charge in [-0.05, 0) is 30.2 Å². The number of anilines is 1. The average molecular weight is 326 g/mol. The zero-order valence-electron chi connectivity index (χ0n) is 11.3. The minimum Gasteiger partial charge on any atom is -0.550 e. The van der Waals surface area contributed by atoms with Gasteiger partial charge in [-0.3, -0.25) is 9.00 Å². The summed E-state index contributed by atoms with van der Waals surface area (Å²) in [6, 6.07) is 4.82. The van der Waals surface area contributed by atoms with E-state index in [9.17, 15) is 18.9 Å². The first-order valence-corrected chi connectivity index (χ1v) is 7.57. The molecule has 5 nitrogen and oxygen atoms in total. The summed E-state index contributed by atoms with van der Waals surface area (Å²) in [6.07, 6.45) is 1.08. The molecule has 1 aromatic carbocycles. The maximum absolute atomic E-state index is 11.4. The number of benzene rings is 1. The van der Waals surface area contributed by atoms with E-state index in [0.29, 0.717) is 22.0 Å². The van der Waals surface area contributed by atoms with E-state index >= 15 is 0 Å². The first kappa shape index (κ1) is 19.6. The Morgan fingerprint density at radius 2 is 2.00 bits per heavy atom. The average Bonchev–Trinajstić information content (AvgIpc) is 2.30. The molecule has 1 unspecified atom stereocenters. The summed E-state index contributed by atoms with van der Waals surface area (Å²) in [4.78, 5) is 21.7. The van der Waals surface area contributed by atoms with Gasteiger partial charge in [0, 0.05) is 45.9 Å². The van der Waals surface area contributed by atoms with Gasteiger partial charge >= 0.3 is 29.6 Å². The summed E-state index contributed by atoms with van der Waals surface area (Å²) in [5, 5.41) is 13.3. The molecule has 1 amide bonds. The summed E-state index contributed by atoms with van der Waals surface area (Å²) in [5.74, 6) is -1.40. The predicted molar refractivity (Wildman–Crippen MR) is 72.1 cm³/mol. The standard InChI is InChI=1S/C12H14ClNO4S.Na/c1-19(18)7-8-6-9(2-3-10(8)13)14-11(15)4-5-12(16)17;/h2-3,6H,4-5,7H2,1H3,(H,14,15)(H,16,17);/q;+1/p-1. The molecule has 0 aliphatic heterocycles. The minimum absolute atomic E-state index is 0. The number of hydrogen-bond acceptors (Lipinski definition) is 4. The summed E-state index contributed by atoms with van der Waals surface area (Å²) < 4.78 is 11.2. The van der Waals surface area contributed by atoms with Crippen molar-refractivity contribution in [3.8, 4) is 0 Å². The van der Waals surface area contributed by atoms with Gasteiger partial charge < -0.3 is 15.2 Å². The van der Waals surface area contributed by atoms with Crippen LogP contribution in [0.1, 0.15) is 18.4 Å². The monoisotopic (exact) mass is 325 g/mol. The zero-order valence-corrected chi connectivity index (χ0v) is 14.8. The normalized spacial score (nSPS) is 11.3. The Balaban J connectivity index is 0.00000361. The fourth-order valence-electron chi connectivity index (χ4n) is 1.42. The molecular weight excluding hydrogens is 313 g/mol. The molecule has 0 bridgehead atoms. The number of nitrogens with one attached hydrogen (secondary N) is 1. The van der Waals surface area contributed by atoms with Crippen molar-refractivity contribution in [3.05, 3.63) is 28.8 Å². The summed E-state index contributed by atoms with van der Waals surface area (Å²) in [7, 11) is -1.04. The van der Waals surface area contributed by atoms with Crippen molar-refractivity contribution in [3.63, 3.8) is 0 Å². The second-order valence-electron chi connectivity index (χ2n) is 3.94. The Bertz CT molecular complexity index is 524. The van der Waals surface area contributed by atoms with E-state index in [4.69, 9.17) is 11.6 Å². The van der Waals surface area contributed by atoms with Crippen LogP contribution in [0.4, 0.5) is 5.69 Å². The van der Waals surface area contributed by atoms with Crippen LogP contribution in [0.5, 0.6) is 0 Å². The van der Waals surface area contributed by atoms with Crippen LogP contribution in [0.15, 0.2) is 18.2 Å². The Kier molecular flexibility index (Phi) is 9.33. The molecule has 1 N–H and O–H groups in total. The van der Waals surface area contributed by atoms with Crippen molar-refractivity contribution in [2.75, 3.05) is 11.6 Å². The number of halogens is 1. The molecule has 1 rings (SSSR count). The van der Waals surface area contributed by atoms with E-state index < -0.39 is 22.7 Å². The Morgan fingerprint density at radius 1 is 1.35 bits per heavy atom. The first-order valence-electron chi connectivity index (χ1n) is 5.46. The number of hydrogen-bond donors (Lipinski definition) is 1. The number of carbonyl (C=O) groups is 2. The van der Waals surface area contributed by atoms with Crippen molar-refractivity contribution in [1.82, 2.24) is 0 Å². The first-order chi connectivity index (χ1) is 8.88. The summed E-state index contributed by atoms with van der Waals surface area (Å²) >= 11 is 5.95. The minimum atomic E-state index is -1.27. The van der Waals surface area contributed by atoms with Crippen LogP contribution < -0.4 is 40.0 Å². The van der Waals surface area contributed by atoms with Crippen LogP contribution in [0.2, 0.25) is 5.02 Å².